The average molecular weight is 314 g/mol. The molecule has 1 rings (SSSR count). The normalized spacial score (nSPS) is 10.4. The summed E-state index contributed by atoms with van der Waals surface area (Å²) in [6.07, 6.45) is 2.90. The van der Waals surface area contributed by atoms with Gasteiger partial charge in [-0.2, -0.15) is 0 Å². The first-order valence-electron chi connectivity index (χ1n) is 6.14. The van der Waals surface area contributed by atoms with Gasteiger partial charge in [0.25, 0.3) is 0 Å². The maximum Gasteiger partial charge on any atom is 0.216 e. The summed E-state index contributed by atoms with van der Waals surface area (Å²) in [7, 11) is 1.72. The van der Waals surface area contributed by atoms with Crippen LogP contribution in [0.15, 0.2) is 22.7 Å². The highest BCUT2D eigenvalue weighted by Crippen LogP contribution is 2.19. The number of aryl methyl sites for hydroxylation is 1. The number of carbonyl (C=O) groups excluding carboxylic acids is 1. The van der Waals surface area contributed by atoms with Crippen LogP contribution >= 0.6 is 15.9 Å². The van der Waals surface area contributed by atoms with Gasteiger partial charge in [-0.15, -0.1) is 0 Å². The van der Waals surface area contributed by atoms with Gasteiger partial charge in [0.2, 0.25) is 5.91 Å². The number of hydrogen-bond donors (Lipinski definition) is 1. The molecule has 1 aromatic carbocycles. The third-order valence-corrected chi connectivity index (χ3v) is 3.47. The van der Waals surface area contributed by atoms with E-state index in [4.69, 9.17) is 4.74 Å². The maximum atomic E-state index is 10.8. The highest BCUT2D eigenvalue weighted by atomic mass is 79.9. The Morgan fingerprint density at radius 3 is 2.83 bits per heavy atom. The molecule has 0 spiro atoms. The van der Waals surface area contributed by atoms with Gasteiger partial charge >= 0.3 is 0 Å². The molecule has 0 aromatic heterocycles. The van der Waals surface area contributed by atoms with E-state index in [9.17, 15) is 4.79 Å². The number of ether oxygens (including phenoxy) is 1. The molecule has 1 N–H and O–H groups in total. The molecule has 0 atom stereocenters. The van der Waals surface area contributed by atoms with Gasteiger partial charge < -0.3 is 10.1 Å². The van der Waals surface area contributed by atoms with Crippen LogP contribution in [0.1, 0.15) is 24.5 Å². The lowest BCUT2D eigenvalue weighted by Gasteiger charge is -2.08. The number of amides is 1. The summed E-state index contributed by atoms with van der Waals surface area (Å²) < 4.78 is 6.15. The molecule has 0 bridgehead atoms. The van der Waals surface area contributed by atoms with E-state index in [0.29, 0.717) is 6.54 Å². The third-order valence-electron chi connectivity index (χ3n) is 2.69. The maximum absolute atomic E-state index is 10.8. The van der Waals surface area contributed by atoms with Crippen molar-refractivity contribution in [3.63, 3.8) is 0 Å². The molecule has 0 saturated heterocycles. The standard InChI is InChI=1S/C14H20BrNO2/c1-11(17)16-8-7-13-10-12(4-3-9-18-2)5-6-14(13)15/h5-6,10H,3-4,7-9H2,1-2H3,(H,16,17). The topological polar surface area (TPSA) is 38.3 Å². The molecule has 0 aliphatic heterocycles. The van der Waals surface area contributed by atoms with Crippen molar-refractivity contribution >= 4 is 21.8 Å². The van der Waals surface area contributed by atoms with E-state index in [1.807, 2.05) is 0 Å². The Morgan fingerprint density at radius 2 is 2.17 bits per heavy atom. The first kappa shape index (κ1) is 15.2. The number of methoxy groups -OCH3 is 1. The molecule has 18 heavy (non-hydrogen) atoms. The van der Waals surface area contributed by atoms with Crippen molar-refractivity contribution in [3.05, 3.63) is 33.8 Å². The van der Waals surface area contributed by atoms with Gasteiger partial charge in [-0.3, -0.25) is 4.79 Å². The van der Waals surface area contributed by atoms with Crippen molar-refractivity contribution in [2.45, 2.75) is 26.2 Å². The first-order valence-corrected chi connectivity index (χ1v) is 6.93. The van der Waals surface area contributed by atoms with Crippen LogP contribution in [0, 0.1) is 0 Å². The smallest absolute Gasteiger partial charge is 0.216 e. The molecule has 0 heterocycles. The molecule has 1 aromatic rings. The Hall–Kier alpha value is -0.870. The van der Waals surface area contributed by atoms with Crippen molar-refractivity contribution < 1.29 is 9.53 Å². The third kappa shape index (κ3) is 5.65. The predicted octanol–water partition coefficient (Wildman–Crippen LogP) is 2.71. The van der Waals surface area contributed by atoms with Gasteiger partial charge in [-0.25, -0.2) is 0 Å². The highest BCUT2D eigenvalue weighted by molar-refractivity contribution is 9.10. The van der Waals surface area contributed by atoms with Crippen LogP contribution in [-0.2, 0) is 22.4 Å². The fraction of sp³-hybridized carbons (Fsp3) is 0.500. The lowest BCUT2D eigenvalue weighted by molar-refractivity contribution is -0.118. The Bertz CT molecular complexity index is 393. The summed E-state index contributed by atoms with van der Waals surface area (Å²) in [5, 5.41) is 2.81. The Balaban J connectivity index is 2.54. The fourth-order valence-corrected chi connectivity index (χ4v) is 2.21. The number of halogens is 1. The Kier molecular flexibility index (Phi) is 6.98. The van der Waals surface area contributed by atoms with E-state index in [1.165, 1.54) is 18.1 Å². The Morgan fingerprint density at radius 1 is 1.39 bits per heavy atom. The number of nitrogens with one attached hydrogen (secondary N) is 1. The lowest BCUT2D eigenvalue weighted by Crippen LogP contribution is -2.22. The minimum atomic E-state index is 0.0161. The van der Waals surface area contributed by atoms with Gasteiger partial charge in [-0.05, 0) is 36.5 Å². The lowest BCUT2D eigenvalue weighted by atomic mass is 10.0. The summed E-state index contributed by atoms with van der Waals surface area (Å²) in [5.74, 6) is 0.0161. The largest absolute Gasteiger partial charge is 0.385 e. The van der Waals surface area contributed by atoms with Crippen LogP contribution in [0.3, 0.4) is 0 Å². The summed E-state index contributed by atoms with van der Waals surface area (Å²) in [6.45, 7) is 3.00. The second-order valence-corrected chi connectivity index (χ2v) is 5.11. The summed E-state index contributed by atoms with van der Waals surface area (Å²) in [5.41, 5.74) is 2.55. The van der Waals surface area contributed by atoms with E-state index in [1.54, 1.807) is 7.11 Å². The number of benzene rings is 1. The minimum absolute atomic E-state index is 0.0161. The summed E-state index contributed by atoms with van der Waals surface area (Å²) in [6, 6.07) is 6.40. The van der Waals surface area contributed by atoms with Gasteiger partial charge in [-0.1, -0.05) is 28.1 Å². The first-order chi connectivity index (χ1) is 8.63. The molecule has 4 heteroatoms. The molecule has 0 unspecified atom stereocenters. The van der Waals surface area contributed by atoms with E-state index in [2.05, 4.69) is 39.4 Å². The van der Waals surface area contributed by atoms with Crippen molar-refractivity contribution in [2.75, 3.05) is 20.3 Å². The van der Waals surface area contributed by atoms with Gasteiger partial charge in [0.1, 0.15) is 0 Å². The van der Waals surface area contributed by atoms with Crippen molar-refractivity contribution in [3.8, 4) is 0 Å². The van der Waals surface area contributed by atoms with E-state index >= 15 is 0 Å². The number of hydrogen-bond acceptors (Lipinski definition) is 2. The minimum Gasteiger partial charge on any atom is -0.385 e. The van der Waals surface area contributed by atoms with E-state index in [-0.39, 0.29) is 5.91 Å². The second-order valence-electron chi connectivity index (χ2n) is 4.26. The second kappa shape index (κ2) is 8.27. The molecular formula is C14H20BrNO2. The van der Waals surface area contributed by atoms with Crippen molar-refractivity contribution in [1.29, 1.82) is 0 Å². The zero-order valence-corrected chi connectivity index (χ0v) is 12.5. The SMILES string of the molecule is COCCCc1ccc(Br)c(CCNC(C)=O)c1. The predicted molar refractivity (Wildman–Crippen MR) is 76.7 cm³/mol. The molecule has 0 fully saturated rings. The molecule has 0 aliphatic rings. The number of carbonyl (C=O) groups is 1. The van der Waals surface area contributed by atoms with Crippen molar-refractivity contribution in [2.24, 2.45) is 0 Å². The van der Waals surface area contributed by atoms with Crippen LogP contribution in [0.2, 0.25) is 0 Å². The van der Waals surface area contributed by atoms with Crippen LogP contribution in [0.25, 0.3) is 0 Å². The number of rotatable bonds is 7. The molecule has 100 valence electrons. The molecular weight excluding hydrogens is 294 g/mol. The highest BCUT2D eigenvalue weighted by Gasteiger charge is 2.02. The zero-order chi connectivity index (χ0) is 13.4. The molecule has 1 amide bonds. The van der Waals surface area contributed by atoms with Gasteiger partial charge in [0, 0.05) is 31.7 Å². The average Bonchev–Trinajstić information content (AvgIpc) is 2.33. The van der Waals surface area contributed by atoms with Crippen molar-refractivity contribution in [1.82, 2.24) is 5.32 Å². The monoisotopic (exact) mass is 313 g/mol. The van der Waals surface area contributed by atoms with Crippen LogP contribution in [0.5, 0.6) is 0 Å². The zero-order valence-electron chi connectivity index (χ0n) is 11.0. The van der Waals surface area contributed by atoms with Crippen LogP contribution < -0.4 is 5.32 Å². The molecule has 0 radical (unpaired) electrons. The summed E-state index contributed by atoms with van der Waals surface area (Å²) in [4.78, 5) is 10.8. The molecule has 0 saturated carbocycles. The fourth-order valence-electron chi connectivity index (χ4n) is 1.77. The quantitative estimate of drug-likeness (QED) is 0.786. The van der Waals surface area contributed by atoms with Gasteiger partial charge in [0.05, 0.1) is 0 Å². The summed E-state index contributed by atoms with van der Waals surface area (Å²) >= 11 is 3.54. The Labute approximate surface area is 117 Å². The molecule has 0 aliphatic carbocycles. The van der Waals surface area contributed by atoms with Crippen LogP contribution in [0.4, 0.5) is 0 Å². The molecule has 3 nitrogen and oxygen atoms in total. The van der Waals surface area contributed by atoms with Crippen LogP contribution in [-0.4, -0.2) is 26.2 Å². The van der Waals surface area contributed by atoms with E-state index < -0.39 is 0 Å². The van der Waals surface area contributed by atoms with E-state index in [0.717, 1.165) is 30.3 Å². The van der Waals surface area contributed by atoms with Gasteiger partial charge in [0.15, 0.2) is 0 Å².